The second-order valence-corrected chi connectivity index (χ2v) is 4.76. The zero-order chi connectivity index (χ0) is 16.8. The number of amides is 1. The summed E-state index contributed by atoms with van der Waals surface area (Å²) >= 11 is 0. The van der Waals surface area contributed by atoms with E-state index in [2.05, 4.69) is 10.4 Å². The Morgan fingerprint density at radius 2 is 2.26 bits per heavy atom. The lowest BCUT2D eigenvalue weighted by molar-refractivity contribution is 0.0609. The van der Waals surface area contributed by atoms with Crippen LogP contribution in [0, 0.1) is 5.82 Å². The van der Waals surface area contributed by atoms with Gasteiger partial charge in [-0.05, 0) is 24.3 Å². The SMILES string of the molecule is COCC(O)CNC(=O)c1ccnn(-c2cccc(F)c2)c1=O. The Hall–Kier alpha value is -2.58. The van der Waals surface area contributed by atoms with Gasteiger partial charge < -0.3 is 15.2 Å². The van der Waals surface area contributed by atoms with E-state index >= 15 is 0 Å². The number of rotatable bonds is 6. The number of nitrogens with one attached hydrogen (secondary N) is 1. The van der Waals surface area contributed by atoms with Gasteiger partial charge in [0.1, 0.15) is 11.4 Å². The van der Waals surface area contributed by atoms with Gasteiger partial charge in [-0.2, -0.15) is 9.78 Å². The quantitative estimate of drug-likeness (QED) is 0.787. The van der Waals surface area contributed by atoms with Crippen LogP contribution in [-0.2, 0) is 4.74 Å². The van der Waals surface area contributed by atoms with Crippen LogP contribution < -0.4 is 10.9 Å². The first kappa shape index (κ1) is 16.8. The van der Waals surface area contributed by atoms with Crippen LogP contribution in [0.15, 0.2) is 41.3 Å². The number of aliphatic hydroxyl groups excluding tert-OH is 1. The number of ether oxygens (including phenoxy) is 1. The Morgan fingerprint density at radius 1 is 1.48 bits per heavy atom. The Morgan fingerprint density at radius 3 is 2.96 bits per heavy atom. The Bertz CT molecular complexity index is 747. The number of benzene rings is 1. The molecular weight excluding hydrogens is 305 g/mol. The Balaban J connectivity index is 2.23. The standard InChI is InChI=1S/C15H16FN3O4/c1-23-9-12(20)8-17-14(21)13-5-6-18-19(15(13)22)11-4-2-3-10(16)7-11/h2-7,12,20H,8-9H2,1H3,(H,17,21). The second kappa shape index (κ2) is 7.61. The van der Waals surface area contributed by atoms with Crippen molar-refractivity contribution in [1.82, 2.24) is 15.1 Å². The van der Waals surface area contributed by atoms with Gasteiger partial charge in [-0.25, -0.2) is 4.39 Å². The van der Waals surface area contributed by atoms with Crippen LogP contribution in [0.1, 0.15) is 10.4 Å². The third-order valence-electron chi connectivity index (χ3n) is 3.00. The lowest BCUT2D eigenvalue weighted by Crippen LogP contribution is -2.38. The second-order valence-electron chi connectivity index (χ2n) is 4.76. The Labute approximate surface area is 131 Å². The fourth-order valence-corrected chi connectivity index (χ4v) is 1.93. The van der Waals surface area contributed by atoms with Crippen LogP contribution in [0.2, 0.25) is 0 Å². The summed E-state index contributed by atoms with van der Waals surface area (Å²) in [5.74, 6) is -1.17. The molecule has 0 fully saturated rings. The maximum absolute atomic E-state index is 13.3. The molecule has 122 valence electrons. The molecule has 0 bridgehead atoms. The molecule has 0 saturated carbocycles. The summed E-state index contributed by atoms with van der Waals surface area (Å²) in [6, 6.07) is 6.57. The number of hydrogen-bond donors (Lipinski definition) is 2. The van der Waals surface area contributed by atoms with Gasteiger partial charge in [0, 0.05) is 19.9 Å². The minimum Gasteiger partial charge on any atom is -0.389 e. The number of halogens is 1. The third kappa shape index (κ3) is 4.21. The van der Waals surface area contributed by atoms with Crippen molar-refractivity contribution in [2.24, 2.45) is 0 Å². The van der Waals surface area contributed by atoms with Crippen LogP contribution in [0.4, 0.5) is 4.39 Å². The largest absolute Gasteiger partial charge is 0.389 e. The molecule has 0 aliphatic rings. The van der Waals surface area contributed by atoms with Crippen molar-refractivity contribution in [3.63, 3.8) is 0 Å². The first-order valence-electron chi connectivity index (χ1n) is 6.82. The summed E-state index contributed by atoms with van der Waals surface area (Å²) in [6.07, 6.45) is 0.392. The number of aliphatic hydroxyl groups is 1. The number of methoxy groups -OCH3 is 1. The maximum atomic E-state index is 13.3. The first-order chi connectivity index (χ1) is 11.0. The van der Waals surface area contributed by atoms with E-state index < -0.39 is 23.4 Å². The fourth-order valence-electron chi connectivity index (χ4n) is 1.93. The summed E-state index contributed by atoms with van der Waals surface area (Å²) in [5, 5.41) is 15.8. The average Bonchev–Trinajstić information content (AvgIpc) is 2.53. The van der Waals surface area contributed by atoms with E-state index in [0.29, 0.717) is 0 Å². The number of aromatic nitrogens is 2. The third-order valence-corrected chi connectivity index (χ3v) is 3.00. The molecule has 2 aromatic rings. The molecule has 8 heteroatoms. The summed E-state index contributed by atoms with van der Waals surface area (Å²) in [6.45, 7) is -0.00144. The molecule has 1 atom stereocenters. The van der Waals surface area contributed by atoms with E-state index in [0.717, 1.165) is 10.7 Å². The van der Waals surface area contributed by atoms with Gasteiger partial charge in [-0.3, -0.25) is 9.59 Å². The minimum absolute atomic E-state index is 0.0597. The lowest BCUT2D eigenvalue weighted by atomic mass is 10.2. The van der Waals surface area contributed by atoms with Crippen LogP contribution in [-0.4, -0.2) is 47.2 Å². The highest BCUT2D eigenvalue weighted by Gasteiger charge is 2.15. The van der Waals surface area contributed by atoms with Gasteiger partial charge in [-0.1, -0.05) is 6.07 Å². The molecule has 2 rings (SSSR count). The zero-order valence-electron chi connectivity index (χ0n) is 12.4. The fraction of sp³-hybridized carbons (Fsp3) is 0.267. The van der Waals surface area contributed by atoms with Crippen LogP contribution in [0.5, 0.6) is 0 Å². The van der Waals surface area contributed by atoms with Gasteiger partial charge >= 0.3 is 0 Å². The molecular formula is C15H16FN3O4. The Kier molecular flexibility index (Phi) is 5.56. The zero-order valence-corrected chi connectivity index (χ0v) is 12.4. The summed E-state index contributed by atoms with van der Waals surface area (Å²) in [4.78, 5) is 24.4. The molecule has 7 nitrogen and oxygen atoms in total. The number of nitrogens with zero attached hydrogens (tertiary/aromatic N) is 2. The van der Waals surface area contributed by atoms with Crippen LogP contribution in [0.25, 0.3) is 5.69 Å². The van der Waals surface area contributed by atoms with E-state index in [1.807, 2.05) is 0 Å². The van der Waals surface area contributed by atoms with Crippen molar-refractivity contribution in [2.45, 2.75) is 6.10 Å². The van der Waals surface area contributed by atoms with Crippen LogP contribution >= 0.6 is 0 Å². The highest BCUT2D eigenvalue weighted by atomic mass is 19.1. The normalized spacial score (nSPS) is 12.0. The van der Waals surface area contributed by atoms with Gasteiger partial charge in [0.15, 0.2) is 0 Å². The van der Waals surface area contributed by atoms with Crippen molar-refractivity contribution in [2.75, 3.05) is 20.3 Å². The summed E-state index contributed by atoms with van der Waals surface area (Å²) in [7, 11) is 1.42. The van der Waals surface area contributed by atoms with Crippen molar-refractivity contribution >= 4 is 5.91 Å². The van der Waals surface area contributed by atoms with Gasteiger partial charge in [0.05, 0.1) is 18.4 Å². The molecule has 1 aromatic heterocycles. The first-order valence-corrected chi connectivity index (χ1v) is 6.82. The number of carbonyl (C=O) groups excluding carboxylic acids is 1. The highest BCUT2D eigenvalue weighted by molar-refractivity contribution is 5.93. The molecule has 1 aromatic carbocycles. The van der Waals surface area contributed by atoms with Crippen molar-refractivity contribution in [3.05, 3.63) is 58.3 Å². The molecule has 1 unspecified atom stereocenters. The summed E-state index contributed by atoms with van der Waals surface area (Å²) in [5.41, 5.74) is -0.630. The summed E-state index contributed by atoms with van der Waals surface area (Å²) < 4.78 is 18.9. The highest BCUT2D eigenvalue weighted by Crippen LogP contribution is 2.06. The van der Waals surface area contributed by atoms with E-state index in [1.54, 1.807) is 0 Å². The van der Waals surface area contributed by atoms with E-state index in [4.69, 9.17) is 4.74 Å². The monoisotopic (exact) mass is 321 g/mol. The molecule has 1 amide bonds. The molecule has 0 saturated heterocycles. The molecule has 1 heterocycles. The predicted molar refractivity (Wildman–Crippen MR) is 80.0 cm³/mol. The molecule has 2 N–H and O–H groups in total. The van der Waals surface area contributed by atoms with Crippen molar-refractivity contribution < 1.29 is 19.0 Å². The topological polar surface area (TPSA) is 93.4 Å². The van der Waals surface area contributed by atoms with E-state index in [1.165, 1.54) is 37.6 Å². The van der Waals surface area contributed by atoms with Gasteiger partial charge in [0.25, 0.3) is 11.5 Å². The minimum atomic E-state index is -0.878. The van der Waals surface area contributed by atoms with E-state index in [9.17, 15) is 19.1 Å². The lowest BCUT2D eigenvalue weighted by Gasteiger charge is -2.11. The molecule has 0 aliphatic carbocycles. The average molecular weight is 321 g/mol. The predicted octanol–water partition coefficient (Wildman–Crippen LogP) is 0.109. The van der Waals surface area contributed by atoms with Gasteiger partial charge in [-0.15, -0.1) is 0 Å². The smallest absolute Gasteiger partial charge is 0.284 e. The number of carbonyl (C=O) groups is 1. The molecule has 0 spiro atoms. The van der Waals surface area contributed by atoms with Crippen molar-refractivity contribution in [3.8, 4) is 5.69 Å². The van der Waals surface area contributed by atoms with Crippen LogP contribution in [0.3, 0.4) is 0 Å². The maximum Gasteiger partial charge on any atom is 0.284 e. The number of hydrogen-bond acceptors (Lipinski definition) is 5. The van der Waals surface area contributed by atoms with E-state index in [-0.39, 0.29) is 24.4 Å². The van der Waals surface area contributed by atoms with Crippen molar-refractivity contribution in [1.29, 1.82) is 0 Å². The van der Waals surface area contributed by atoms with Gasteiger partial charge in [0.2, 0.25) is 0 Å². The molecule has 0 aliphatic heterocycles. The molecule has 0 radical (unpaired) electrons. The molecule has 23 heavy (non-hydrogen) atoms.